The largest absolute Gasteiger partial charge is 0.434 e. The Hall–Kier alpha value is -0.580. The molecule has 0 bridgehead atoms. The van der Waals surface area contributed by atoms with E-state index in [1.165, 1.54) is 6.42 Å². The van der Waals surface area contributed by atoms with E-state index in [4.69, 9.17) is 0 Å². The molecule has 0 fully saturated rings. The van der Waals surface area contributed by atoms with Crippen molar-refractivity contribution in [2.75, 3.05) is 7.05 Å². The summed E-state index contributed by atoms with van der Waals surface area (Å²) in [5.41, 5.74) is -0.843. The van der Waals surface area contributed by atoms with Gasteiger partial charge in [0, 0.05) is 18.5 Å². The Morgan fingerprint density at radius 3 is 2.46 bits per heavy atom. The van der Waals surface area contributed by atoms with Crippen LogP contribution in [0.1, 0.15) is 50.7 Å². The van der Waals surface area contributed by atoms with Crippen LogP contribution in [0.4, 0.5) is 13.2 Å². The number of guanidine groups is 1. The van der Waals surface area contributed by atoms with Crippen LogP contribution in [-0.4, -0.2) is 24.0 Å². The maximum absolute atomic E-state index is 12.5. The lowest BCUT2D eigenvalue weighted by molar-refractivity contribution is -0.140. The fraction of sp³-hybridized carbons (Fsp3) is 0.733. The van der Waals surface area contributed by atoms with Crippen LogP contribution in [0.25, 0.3) is 0 Å². The van der Waals surface area contributed by atoms with E-state index >= 15 is 0 Å². The van der Waals surface area contributed by atoms with Crippen molar-refractivity contribution in [2.24, 2.45) is 10.9 Å². The van der Waals surface area contributed by atoms with Crippen molar-refractivity contribution in [2.45, 2.75) is 58.8 Å². The Morgan fingerprint density at radius 1 is 1.29 bits per heavy atom. The first-order chi connectivity index (χ1) is 10.7. The number of hydrogen-bond donors (Lipinski definition) is 2. The molecule has 1 aromatic heterocycles. The first-order valence-electron chi connectivity index (χ1n) is 7.71. The summed E-state index contributed by atoms with van der Waals surface area (Å²) in [7, 11) is 1.64. The monoisotopic (exact) mass is 478 g/mol. The zero-order valence-electron chi connectivity index (χ0n) is 14.4. The van der Waals surface area contributed by atoms with Gasteiger partial charge >= 0.3 is 6.18 Å². The van der Waals surface area contributed by atoms with Crippen molar-refractivity contribution in [3.05, 3.63) is 16.1 Å². The van der Waals surface area contributed by atoms with Gasteiger partial charge in [0.25, 0.3) is 0 Å². The average Bonchev–Trinajstić information content (AvgIpc) is 2.91. The van der Waals surface area contributed by atoms with Crippen LogP contribution < -0.4 is 10.6 Å². The van der Waals surface area contributed by atoms with Crippen molar-refractivity contribution in [3.8, 4) is 0 Å². The van der Waals surface area contributed by atoms with E-state index in [1.807, 2.05) is 0 Å². The van der Waals surface area contributed by atoms with Crippen LogP contribution in [-0.2, 0) is 12.7 Å². The molecule has 0 spiro atoms. The molecule has 1 rings (SSSR count). The van der Waals surface area contributed by atoms with Crippen molar-refractivity contribution < 1.29 is 13.2 Å². The molecule has 0 amide bonds. The maximum atomic E-state index is 12.5. The van der Waals surface area contributed by atoms with E-state index in [9.17, 15) is 13.2 Å². The number of thiazole rings is 1. The topological polar surface area (TPSA) is 49.3 Å². The molecular formula is C15H26F3IN4S. The molecular weight excluding hydrogens is 452 g/mol. The van der Waals surface area contributed by atoms with Gasteiger partial charge in [-0.05, 0) is 19.3 Å². The standard InChI is InChI=1S/C15H25F3N4S.HI/c1-10(2)6-5-7-11(3)21-14(19-4)20-8-13-22-12(9-23-13)15(16,17)18;/h9-11H,5-8H2,1-4H3,(H2,19,20,21);1H. The number of nitrogens with one attached hydrogen (secondary N) is 2. The Bertz CT molecular complexity index is 503. The number of aliphatic imine (C=N–C) groups is 1. The zero-order chi connectivity index (χ0) is 17.5. The maximum Gasteiger partial charge on any atom is 0.434 e. The fourth-order valence-corrected chi connectivity index (χ4v) is 2.75. The highest BCUT2D eigenvalue weighted by Gasteiger charge is 2.33. The highest BCUT2D eigenvalue weighted by molar-refractivity contribution is 14.0. The van der Waals surface area contributed by atoms with Crippen LogP contribution in [0.2, 0.25) is 0 Å². The minimum Gasteiger partial charge on any atom is -0.354 e. The molecule has 1 heterocycles. The van der Waals surface area contributed by atoms with E-state index in [-0.39, 0.29) is 36.6 Å². The number of aromatic nitrogens is 1. The second-order valence-corrected chi connectivity index (χ2v) is 6.86. The van der Waals surface area contributed by atoms with Gasteiger partial charge < -0.3 is 10.6 Å². The Balaban J connectivity index is 0.00000529. The van der Waals surface area contributed by atoms with Crippen LogP contribution in [0.15, 0.2) is 10.4 Å². The minimum atomic E-state index is -4.39. The molecule has 0 aromatic carbocycles. The molecule has 1 atom stereocenters. The third kappa shape index (κ3) is 9.05. The van der Waals surface area contributed by atoms with E-state index in [0.29, 0.717) is 16.9 Å². The third-order valence-corrected chi connectivity index (χ3v) is 4.12. The molecule has 24 heavy (non-hydrogen) atoms. The second kappa shape index (κ2) is 11.1. The summed E-state index contributed by atoms with van der Waals surface area (Å²) in [6.07, 6.45) is -1.06. The zero-order valence-corrected chi connectivity index (χ0v) is 17.6. The number of hydrogen-bond acceptors (Lipinski definition) is 3. The molecule has 0 aliphatic heterocycles. The predicted molar refractivity (Wildman–Crippen MR) is 104 cm³/mol. The van der Waals surface area contributed by atoms with Crippen LogP contribution in [0.5, 0.6) is 0 Å². The van der Waals surface area contributed by atoms with Crippen LogP contribution in [0, 0.1) is 5.92 Å². The minimum absolute atomic E-state index is 0. The smallest absolute Gasteiger partial charge is 0.354 e. The lowest BCUT2D eigenvalue weighted by Gasteiger charge is -2.18. The Labute approximate surface area is 162 Å². The molecule has 1 unspecified atom stereocenters. The molecule has 0 aliphatic carbocycles. The van der Waals surface area contributed by atoms with Crippen molar-refractivity contribution in [1.29, 1.82) is 0 Å². The quantitative estimate of drug-likeness (QED) is 0.341. The molecule has 140 valence electrons. The van der Waals surface area contributed by atoms with Gasteiger partial charge in [-0.3, -0.25) is 4.99 Å². The molecule has 9 heteroatoms. The lowest BCUT2D eigenvalue weighted by atomic mass is 10.0. The van der Waals surface area contributed by atoms with Gasteiger partial charge in [0.15, 0.2) is 11.7 Å². The van der Waals surface area contributed by atoms with E-state index in [0.717, 1.165) is 29.6 Å². The average molecular weight is 478 g/mol. The molecule has 0 saturated carbocycles. The molecule has 2 N–H and O–H groups in total. The number of nitrogens with zero attached hydrogens (tertiary/aromatic N) is 2. The van der Waals surface area contributed by atoms with E-state index in [1.54, 1.807) is 7.05 Å². The van der Waals surface area contributed by atoms with Gasteiger partial charge in [-0.25, -0.2) is 4.98 Å². The van der Waals surface area contributed by atoms with Crippen LogP contribution in [0.3, 0.4) is 0 Å². The summed E-state index contributed by atoms with van der Waals surface area (Å²) in [5, 5.41) is 7.65. The van der Waals surface area contributed by atoms with Gasteiger partial charge in [-0.2, -0.15) is 13.2 Å². The van der Waals surface area contributed by atoms with Gasteiger partial charge in [0.2, 0.25) is 0 Å². The van der Waals surface area contributed by atoms with E-state index < -0.39 is 11.9 Å². The van der Waals surface area contributed by atoms with Crippen molar-refractivity contribution in [3.63, 3.8) is 0 Å². The summed E-state index contributed by atoms with van der Waals surface area (Å²) in [5.74, 6) is 1.26. The molecule has 0 saturated heterocycles. The summed E-state index contributed by atoms with van der Waals surface area (Å²) in [6.45, 7) is 6.68. The molecule has 4 nitrogen and oxygen atoms in total. The van der Waals surface area contributed by atoms with Crippen molar-refractivity contribution >= 4 is 41.3 Å². The van der Waals surface area contributed by atoms with Gasteiger partial charge in [0.05, 0.1) is 6.54 Å². The van der Waals surface area contributed by atoms with E-state index in [2.05, 4.69) is 41.4 Å². The molecule has 0 aliphatic rings. The number of alkyl halides is 3. The van der Waals surface area contributed by atoms with Crippen LogP contribution >= 0.6 is 35.3 Å². The summed E-state index contributed by atoms with van der Waals surface area (Å²) < 4.78 is 37.5. The molecule has 0 radical (unpaired) electrons. The Morgan fingerprint density at radius 2 is 1.96 bits per heavy atom. The van der Waals surface area contributed by atoms with Gasteiger partial charge in [0.1, 0.15) is 5.01 Å². The Kier molecular flexibility index (Phi) is 10.8. The number of halogens is 4. The van der Waals surface area contributed by atoms with Gasteiger partial charge in [-0.1, -0.05) is 26.7 Å². The summed E-state index contributed by atoms with van der Waals surface area (Å²) >= 11 is 0.988. The lowest BCUT2D eigenvalue weighted by Crippen LogP contribution is -2.41. The third-order valence-electron chi connectivity index (χ3n) is 3.27. The van der Waals surface area contributed by atoms with Crippen molar-refractivity contribution in [1.82, 2.24) is 15.6 Å². The summed E-state index contributed by atoms with van der Waals surface area (Å²) in [6, 6.07) is 0.252. The predicted octanol–water partition coefficient (Wildman–Crippen LogP) is 4.66. The van der Waals surface area contributed by atoms with Gasteiger partial charge in [-0.15, -0.1) is 35.3 Å². The second-order valence-electron chi connectivity index (χ2n) is 5.92. The fourth-order valence-electron chi connectivity index (χ4n) is 2.01. The summed E-state index contributed by atoms with van der Waals surface area (Å²) in [4.78, 5) is 7.68. The highest BCUT2D eigenvalue weighted by Crippen LogP contribution is 2.29. The first-order valence-corrected chi connectivity index (χ1v) is 8.59. The highest BCUT2D eigenvalue weighted by atomic mass is 127. The number of rotatable bonds is 7. The normalized spacial score (nSPS) is 13.6. The first kappa shape index (κ1) is 23.4. The molecule has 1 aromatic rings. The SMILES string of the molecule is CN=C(NCc1nc(C(F)(F)F)cs1)NC(C)CCCC(C)C.I.